The van der Waals surface area contributed by atoms with Crippen molar-refractivity contribution in [3.8, 4) is 11.6 Å². The van der Waals surface area contributed by atoms with E-state index >= 15 is 0 Å². The summed E-state index contributed by atoms with van der Waals surface area (Å²) < 4.78 is 51.5. The molecule has 1 amide bonds. The van der Waals surface area contributed by atoms with E-state index in [2.05, 4.69) is 25.6 Å². The fourth-order valence-electron chi connectivity index (χ4n) is 3.44. The first kappa shape index (κ1) is 27.0. The van der Waals surface area contributed by atoms with E-state index in [9.17, 15) is 18.0 Å². The van der Waals surface area contributed by atoms with E-state index in [-0.39, 0.29) is 23.3 Å². The van der Waals surface area contributed by atoms with Crippen molar-refractivity contribution in [2.75, 3.05) is 11.9 Å². The Morgan fingerprint density at radius 1 is 1.11 bits per heavy atom. The fraction of sp³-hybridized carbons (Fsp3) is 0.280. The molecular weight excluding hydrogens is 525 g/mol. The number of nitrogens with zero attached hydrogens (tertiary/aromatic N) is 4. The van der Waals surface area contributed by atoms with Gasteiger partial charge in [0.25, 0.3) is 0 Å². The highest BCUT2D eigenvalue weighted by Gasteiger charge is 2.30. The van der Waals surface area contributed by atoms with Crippen LogP contribution in [0.2, 0.25) is 5.02 Å². The second-order valence-electron chi connectivity index (χ2n) is 9.24. The second kappa shape index (κ2) is 10.7. The SMILES string of the molecule is CC(C)(C)NC(=O)OCCn1ccc2ncnc(Nc3cnc(Oc4cccc(C(F)(F)F)c4)c(Cl)c3)c21. The lowest BCUT2D eigenvalue weighted by Crippen LogP contribution is -2.41. The van der Waals surface area contributed by atoms with Crippen LogP contribution in [0.5, 0.6) is 11.6 Å². The maximum absolute atomic E-state index is 13.0. The molecule has 0 fully saturated rings. The summed E-state index contributed by atoms with van der Waals surface area (Å²) in [6.07, 6.45) is -0.419. The minimum Gasteiger partial charge on any atom is -0.448 e. The Kier molecular flexibility index (Phi) is 7.63. The number of alkyl carbamates (subject to hydrolysis) is 1. The molecule has 0 radical (unpaired) electrons. The van der Waals surface area contributed by atoms with Crippen LogP contribution in [0, 0.1) is 0 Å². The number of fused-ring (bicyclic) bond motifs is 1. The van der Waals surface area contributed by atoms with Crippen LogP contribution in [0.25, 0.3) is 11.0 Å². The quantitative estimate of drug-likeness (QED) is 0.269. The summed E-state index contributed by atoms with van der Waals surface area (Å²) in [4.78, 5) is 24.6. The van der Waals surface area contributed by atoms with E-state index in [4.69, 9.17) is 21.1 Å². The molecule has 3 heterocycles. The van der Waals surface area contributed by atoms with Crippen LogP contribution in [0.4, 0.5) is 29.5 Å². The van der Waals surface area contributed by atoms with Gasteiger partial charge in [0, 0.05) is 11.7 Å². The molecule has 0 saturated heterocycles. The second-order valence-corrected chi connectivity index (χ2v) is 9.65. The number of ether oxygens (including phenoxy) is 2. The topological polar surface area (TPSA) is 103 Å². The van der Waals surface area contributed by atoms with Crippen molar-refractivity contribution in [3.05, 3.63) is 65.7 Å². The molecule has 0 unspecified atom stereocenters. The summed E-state index contributed by atoms with van der Waals surface area (Å²) in [5, 5.41) is 5.92. The summed E-state index contributed by atoms with van der Waals surface area (Å²) in [6.45, 7) is 6.04. The van der Waals surface area contributed by atoms with Gasteiger partial charge in [0.1, 0.15) is 29.2 Å². The fourth-order valence-corrected chi connectivity index (χ4v) is 3.65. The smallest absolute Gasteiger partial charge is 0.416 e. The first-order valence-electron chi connectivity index (χ1n) is 11.4. The van der Waals surface area contributed by atoms with Crippen LogP contribution in [0.1, 0.15) is 26.3 Å². The highest BCUT2D eigenvalue weighted by atomic mass is 35.5. The molecule has 9 nitrogen and oxygen atoms in total. The Morgan fingerprint density at radius 3 is 2.61 bits per heavy atom. The van der Waals surface area contributed by atoms with Crippen LogP contribution in [0.15, 0.2) is 55.1 Å². The van der Waals surface area contributed by atoms with Gasteiger partial charge in [-0.25, -0.2) is 19.7 Å². The zero-order valence-electron chi connectivity index (χ0n) is 20.6. The Bertz CT molecular complexity index is 1450. The maximum atomic E-state index is 13.0. The zero-order chi connectivity index (χ0) is 27.5. The monoisotopic (exact) mass is 548 g/mol. The normalized spacial score (nSPS) is 11.9. The minimum absolute atomic E-state index is 0.0522. The molecule has 200 valence electrons. The number of rotatable bonds is 7. The first-order valence-corrected chi connectivity index (χ1v) is 11.8. The van der Waals surface area contributed by atoms with Crippen LogP contribution >= 0.6 is 11.6 Å². The van der Waals surface area contributed by atoms with Gasteiger partial charge in [0.2, 0.25) is 5.88 Å². The van der Waals surface area contributed by atoms with Crippen molar-refractivity contribution in [1.82, 2.24) is 24.8 Å². The number of carbonyl (C=O) groups is 1. The number of carbonyl (C=O) groups excluding carboxylic acids is 1. The molecule has 2 N–H and O–H groups in total. The summed E-state index contributed by atoms with van der Waals surface area (Å²) in [5.41, 5.74) is 0.517. The lowest BCUT2D eigenvalue weighted by atomic mass is 10.1. The lowest BCUT2D eigenvalue weighted by molar-refractivity contribution is -0.137. The third-order valence-electron chi connectivity index (χ3n) is 5.04. The van der Waals surface area contributed by atoms with Crippen LogP contribution in [-0.4, -0.2) is 37.8 Å². The van der Waals surface area contributed by atoms with Gasteiger partial charge in [-0.05, 0) is 51.1 Å². The van der Waals surface area contributed by atoms with Crippen LogP contribution in [-0.2, 0) is 17.5 Å². The van der Waals surface area contributed by atoms with E-state index in [0.29, 0.717) is 29.1 Å². The number of halogens is 4. The number of hydrogen-bond acceptors (Lipinski definition) is 7. The van der Waals surface area contributed by atoms with Gasteiger partial charge >= 0.3 is 12.3 Å². The van der Waals surface area contributed by atoms with Gasteiger partial charge in [0.15, 0.2) is 5.82 Å². The minimum atomic E-state index is -4.50. The van der Waals surface area contributed by atoms with Crippen molar-refractivity contribution in [3.63, 3.8) is 0 Å². The number of anilines is 2. The molecule has 3 aromatic heterocycles. The molecule has 4 aromatic rings. The standard InChI is InChI=1S/C25H24ClF3N6O3/c1-24(2,3)34-23(36)37-10-9-35-8-7-19-20(35)21(32-14-31-19)33-16-12-18(26)22(30-13-16)38-17-6-4-5-15(11-17)25(27,28)29/h4-8,11-14H,9-10H2,1-3H3,(H,34,36)(H,31,32,33). The van der Waals surface area contributed by atoms with Crippen molar-refractivity contribution >= 4 is 40.2 Å². The molecular formula is C25H24ClF3N6O3. The third-order valence-corrected chi connectivity index (χ3v) is 5.31. The average molecular weight is 549 g/mol. The summed E-state index contributed by atoms with van der Waals surface area (Å²) >= 11 is 6.31. The number of alkyl halides is 3. The predicted molar refractivity (Wildman–Crippen MR) is 136 cm³/mol. The molecule has 1 aromatic carbocycles. The number of aromatic nitrogens is 4. The Hall–Kier alpha value is -4.06. The summed E-state index contributed by atoms with van der Waals surface area (Å²) in [7, 11) is 0. The van der Waals surface area contributed by atoms with Crippen LogP contribution in [0.3, 0.4) is 0 Å². The first-order chi connectivity index (χ1) is 17.9. The third kappa shape index (κ3) is 6.82. The number of amides is 1. The molecule has 0 aliphatic rings. The molecule has 0 bridgehead atoms. The summed E-state index contributed by atoms with van der Waals surface area (Å²) in [5.74, 6) is 0.339. The van der Waals surface area contributed by atoms with Gasteiger partial charge in [-0.1, -0.05) is 17.7 Å². The number of hydrogen-bond donors (Lipinski definition) is 2. The van der Waals surface area contributed by atoms with Crippen molar-refractivity contribution < 1.29 is 27.4 Å². The van der Waals surface area contributed by atoms with Gasteiger partial charge in [0.05, 0.1) is 29.5 Å². The predicted octanol–water partition coefficient (Wildman–Crippen LogP) is 6.56. The zero-order valence-corrected chi connectivity index (χ0v) is 21.4. The molecule has 0 aliphatic carbocycles. The van der Waals surface area contributed by atoms with Crippen molar-refractivity contribution in [1.29, 1.82) is 0 Å². The van der Waals surface area contributed by atoms with Gasteiger partial charge in [-0.3, -0.25) is 0 Å². The highest BCUT2D eigenvalue weighted by Crippen LogP contribution is 2.35. The van der Waals surface area contributed by atoms with Gasteiger partial charge in [-0.2, -0.15) is 13.2 Å². The van der Waals surface area contributed by atoms with Gasteiger partial charge < -0.3 is 24.7 Å². The summed E-state index contributed by atoms with van der Waals surface area (Å²) in [6, 6.07) is 7.74. The average Bonchev–Trinajstić information content (AvgIpc) is 3.23. The molecule has 0 atom stereocenters. The van der Waals surface area contributed by atoms with Crippen LogP contribution < -0.4 is 15.4 Å². The molecule has 13 heteroatoms. The molecule has 0 aliphatic heterocycles. The number of nitrogens with one attached hydrogen (secondary N) is 2. The molecule has 0 spiro atoms. The Balaban J connectivity index is 1.48. The van der Waals surface area contributed by atoms with Gasteiger partial charge in [-0.15, -0.1) is 0 Å². The molecule has 38 heavy (non-hydrogen) atoms. The van der Waals surface area contributed by atoms with Crippen molar-refractivity contribution in [2.24, 2.45) is 0 Å². The van der Waals surface area contributed by atoms with E-state index in [0.717, 1.165) is 12.1 Å². The van der Waals surface area contributed by atoms with E-state index in [1.807, 2.05) is 25.3 Å². The Morgan fingerprint density at radius 2 is 1.89 bits per heavy atom. The molecule has 4 rings (SSSR count). The maximum Gasteiger partial charge on any atom is 0.416 e. The number of pyridine rings is 1. The number of benzene rings is 1. The highest BCUT2D eigenvalue weighted by molar-refractivity contribution is 6.32. The van der Waals surface area contributed by atoms with E-state index < -0.39 is 23.4 Å². The van der Waals surface area contributed by atoms with E-state index in [1.165, 1.54) is 30.7 Å². The van der Waals surface area contributed by atoms with Crippen molar-refractivity contribution in [2.45, 2.75) is 39.0 Å². The molecule has 0 saturated carbocycles. The lowest BCUT2D eigenvalue weighted by Gasteiger charge is -2.20. The van der Waals surface area contributed by atoms with E-state index in [1.54, 1.807) is 12.3 Å². The largest absolute Gasteiger partial charge is 0.448 e. The Labute approximate surface area is 221 Å².